The Kier molecular flexibility index (Phi) is 7.86. The number of anilines is 1. The fourth-order valence-electron chi connectivity index (χ4n) is 5.00. The summed E-state index contributed by atoms with van der Waals surface area (Å²) in [6.45, 7) is 7.29. The smallest absolute Gasteiger partial charge is 0.191 e. The molecule has 2 unspecified atom stereocenters. The first-order chi connectivity index (χ1) is 15.2. The predicted octanol–water partition coefficient (Wildman–Crippen LogP) is 4.36. The van der Waals surface area contributed by atoms with E-state index in [0.717, 1.165) is 45.0 Å². The van der Waals surface area contributed by atoms with E-state index in [9.17, 15) is 0 Å². The largest absolute Gasteiger partial charge is 0.371 e. The van der Waals surface area contributed by atoms with Crippen molar-refractivity contribution >= 4 is 23.0 Å². The molecular weight excluding hydrogens is 402 g/mol. The highest BCUT2D eigenvalue weighted by atomic mass is 32.1. The first-order valence-corrected chi connectivity index (χ1v) is 12.7. The Morgan fingerprint density at radius 1 is 1.06 bits per heavy atom. The maximum absolute atomic E-state index is 5.06. The molecule has 5 nitrogen and oxygen atoms in total. The summed E-state index contributed by atoms with van der Waals surface area (Å²) >= 11 is 1.88. The van der Waals surface area contributed by atoms with Crippen molar-refractivity contribution in [3.8, 4) is 0 Å². The van der Waals surface area contributed by atoms with Crippen LogP contribution in [0.5, 0.6) is 0 Å². The van der Waals surface area contributed by atoms with Crippen molar-refractivity contribution in [2.75, 3.05) is 44.7 Å². The van der Waals surface area contributed by atoms with E-state index < -0.39 is 0 Å². The minimum Gasteiger partial charge on any atom is -0.371 e. The lowest BCUT2D eigenvalue weighted by atomic mass is 9.88. The van der Waals surface area contributed by atoms with Gasteiger partial charge in [0.1, 0.15) is 0 Å². The maximum atomic E-state index is 5.06. The van der Waals surface area contributed by atoms with Gasteiger partial charge in [-0.25, -0.2) is 0 Å². The first kappa shape index (κ1) is 22.2. The molecule has 2 N–H and O–H groups in total. The van der Waals surface area contributed by atoms with E-state index in [0.29, 0.717) is 18.0 Å². The number of likely N-dealkylation sites (tertiary alicyclic amines) is 1. The van der Waals surface area contributed by atoms with Crippen LogP contribution >= 0.6 is 11.3 Å². The van der Waals surface area contributed by atoms with Crippen LogP contribution in [0.2, 0.25) is 0 Å². The lowest BCUT2D eigenvalue weighted by molar-refractivity contribution is 0.128. The maximum Gasteiger partial charge on any atom is 0.191 e. The zero-order chi connectivity index (χ0) is 21.5. The summed E-state index contributed by atoms with van der Waals surface area (Å²) in [5.74, 6) is 1.56. The average Bonchev–Trinajstić information content (AvgIpc) is 3.33. The highest BCUT2D eigenvalue weighted by Crippen LogP contribution is 2.37. The third kappa shape index (κ3) is 5.80. The predicted molar refractivity (Wildman–Crippen MR) is 133 cm³/mol. The molecule has 3 heterocycles. The van der Waals surface area contributed by atoms with E-state index in [1.54, 1.807) is 0 Å². The number of hydrogen-bond acceptors (Lipinski definition) is 4. The molecule has 31 heavy (non-hydrogen) atoms. The molecular formula is C25H37N5S. The summed E-state index contributed by atoms with van der Waals surface area (Å²) in [5, 5.41) is 9.42. The number of rotatable bonds is 6. The van der Waals surface area contributed by atoms with Gasteiger partial charge in [-0.15, -0.1) is 11.3 Å². The van der Waals surface area contributed by atoms with Crippen LogP contribution in [0.3, 0.4) is 0 Å². The van der Waals surface area contributed by atoms with Crippen LogP contribution in [0.4, 0.5) is 5.69 Å². The molecule has 168 valence electrons. The van der Waals surface area contributed by atoms with Gasteiger partial charge in [-0.3, -0.25) is 9.89 Å². The zero-order valence-corrected chi connectivity index (χ0v) is 19.8. The monoisotopic (exact) mass is 439 g/mol. The second kappa shape index (κ2) is 11.0. The van der Waals surface area contributed by atoms with Crippen LogP contribution in [0.15, 0.2) is 52.8 Å². The Hall–Kier alpha value is -2.05. The van der Waals surface area contributed by atoms with Gasteiger partial charge in [0.2, 0.25) is 0 Å². The Bertz CT molecular complexity index is 799. The number of piperidine rings is 2. The van der Waals surface area contributed by atoms with Gasteiger partial charge in [0.25, 0.3) is 0 Å². The molecule has 4 rings (SSSR count). The molecule has 2 fully saturated rings. The summed E-state index contributed by atoms with van der Waals surface area (Å²) in [6, 6.07) is 16.2. The van der Waals surface area contributed by atoms with E-state index in [2.05, 4.69) is 82.2 Å². The number of guanidine groups is 1. The standard InChI is InChI=1S/C25H37N5S/c1-3-26-25(28-21-13-16-30(17-14-21)22-10-5-4-6-11-22)27-19-20-9-7-15-29(2)24(20)23-12-8-18-31-23/h4-6,8,10-12,18,20-21,24H,3,7,9,13-17,19H2,1-2H3,(H2,26,27,28). The van der Waals surface area contributed by atoms with Crippen LogP contribution in [0, 0.1) is 5.92 Å². The molecule has 2 aromatic rings. The van der Waals surface area contributed by atoms with Crippen LogP contribution in [-0.2, 0) is 0 Å². The molecule has 6 heteroatoms. The molecule has 0 amide bonds. The van der Waals surface area contributed by atoms with Gasteiger partial charge < -0.3 is 15.5 Å². The number of nitrogens with one attached hydrogen (secondary N) is 2. The molecule has 2 atom stereocenters. The van der Waals surface area contributed by atoms with Gasteiger partial charge in [0.15, 0.2) is 5.96 Å². The number of thiophene rings is 1. The van der Waals surface area contributed by atoms with Crippen molar-refractivity contribution in [3.05, 3.63) is 52.7 Å². The quantitative estimate of drug-likeness (QED) is 0.519. The van der Waals surface area contributed by atoms with Crippen molar-refractivity contribution in [1.29, 1.82) is 0 Å². The van der Waals surface area contributed by atoms with E-state index in [1.807, 2.05) is 11.3 Å². The fourth-order valence-corrected chi connectivity index (χ4v) is 5.99. The highest BCUT2D eigenvalue weighted by molar-refractivity contribution is 7.10. The van der Waals surface area contributed by atoms with Gasteiger partial charge in [-0.2, -0.15) is 0 Å². The SMILES string of the molecule is CCNC(=NCC1CCCN(C)C1c1cccs1)NC1CCN(c2ccccc2)CC1. The Morgan fingerprint density at radius 2 is 1.87 bits per heavy atom. The summed E-state index contributed by atoms with van der Waals surface area (Å²) in [5.41, 5.74) is 1.34. The van der Waals surface area contributed by atoms with Crippen molar-refractivity contribution in [2.45, 2.75) is 44.7 Å². The third-order valence-corrected chi connectivity index (χ3v) is 7.57. The summed E-state index contributed by atoms with van der Waals surface area (Å²) < 4.78 is 0. The lowest BCUT2D eigenvalue weighted by Gasteiger charge is -2.38. The molecule has 0 aliphatic carbocycles. The second-order valence-electron chi connectivity index (χ2n) is 8.80. The minimum atomic E-state index is 0.486. The molecule has 2 aliphatic rings. The summed E-state index contributed by atoms with van der Waals surface area (Å²) in [7, 11) is 2.27. The van der Waals surface area contributed by atoms with E-state index >= 15 is 0 Å². The van der Waals surface area contributed by atoms with Gasteiger partial charge >= 0.3 is 0 Å². The Balaban J connectivity index is 1.35. The molecule has 1 aromatic carbocycles. The molecule has 0 saturated carbocycles. The number of para-hydroxylation sites is 1. The first-order valence-electron chi connectivity index (χ1n) is 11.8. The van der Waals surface area contributed by atoms with Gasteiger partial charge in [-0.05, 0) is 75.7 Å². The van der Waals surface area contributed by atoms with Crippen molar-refractivity contribution < 1.29 is 0 Å². The average molecular weight is 440 g/mol. The van der Waals surface area contributed by atoms with Crippen molar-refractivity contribution in [2.24, 2.45) is 10.9 Å². The Morgan fingerprint density at radius 3 is 2.58 bits per heavy atom. The summed E-state index contributed by atoms with van der Waals surface area (Å²) in [4.78, 5) is 11.6. The van der Waals surface area contributed by atoms with Crippen LogP contribution in [-0.4, -0.2) is 56.7 Å². The zero-order valence-electron chi connectivity index (χ0n) is 19.0. The molecule has 2 aliphatic heterocycles. The fraction of sp³-hybridized carbons (Fsp3) is 0.560. The number of hydrogen-bond donors (Lipinski definition) is 2. The van der Waals surface area contributed by atoms with E-state index in [1.165, 1.54) is 30.0 Å². The van der Waals surface area contributed by atoms with Gasteiger partial charge in [0, 0.05) is 48.8 Å². The van der Waals surface area contributed by atoms with Gasteiger partial charge in [0.05, 0.1) is 0 Å². The van der Waals surface area contributed by atoms with Crippen molar-refractivity contribution in [3.63, 3.8) is 0 Å². The second-order valence-corrected chi connectivity index (χ2v) is 9.78. The summed E-state index contributed by atoms with van der Waals surface area (Å²) in [6.07, 6.45) is 4.80. The van der Waals surface area contributed by atoms with Crippen LogP contribution in [0.1, 0.15) is 43.5 Å². The molecule has 0 radical (unpaired) electrons. The van der Waals surface area contributed by atoms with E-state index in [4.69, 9.17) is 4.99 Å². The third-order valence-electron chi connectivity index (χ3n) is 6.63. The Labute approximate surface area is 191 Å². The van der Waals surface area contributed by atoms with Crippen LogP contribution < -0.4 is 15.5 Å². The lowest BCUT2D eigenvalue weighted by Crippen LogP contribution is -2.49. The molecule has 1 aromatic heterocycles. The molecule has 0 bridgehead atoms. The van der Waals surface area contributed by atoms with Crippen molar-refractivity contribution in [1.82, 2.24) is 15.5 Å². The van der Waals surface area contributed by atoms with Crippen LogP contribution in [0.25, 0.3) is 0 Å². The normalized spacial score (nSPS) is 23.7. The topological polar surface area (TPSA) is 42.9 Å². The number of benzene rings is 1. The number of nitrogens with zero attached hydrogens (tertiary/aromatic N) is 3. The van der Waals surface area contributed by atoms with Gasteiger partial charge in [-0.1, -0.05) is 24.3 Å². The number of aliphatic imine (C=N–C) groups is 1. The highest BCUT2D eigenvalue weighted by Gasteiger charge is 2.31. The molecule has 2 saturated heterocycles. The molecule has 0 spiro atoms. The minimum absolute atomic E-state index is 0.486. The van der Waals surface area contributed by atoms with E-state index in [-0.39, 0.29) is 0 Å².